The van der Waals surface area contributed by atoms with Crippen LogP contribution in [-0.2, 0) is 16.4 Å². The molecular formula is C26H38FN5O3S2. The van der Waals surface area contributed by atoms with Gasteiger partial charge in [-0.1, -0.05) is 12.1 Å². The number of rotatable bonds is 8. The van der Waals surface area contributed by atoms with Gasteiger partial charge in [0.2, 0.25) is 10.0 Å². The van der Waals surface area contributed by atoms with E-state index in [9.17, 15) is 17.6 Å². The molecule has 4 atom stereocenters. The minimum Gasteiger partial charge on any atom is -0.335 e. The van der Waals surface area contributed by atoms with E-state index in [-0.39, 0.29) is 29.8 Å². The van der Waals surface area contributed by atoms with Crippen LogP contribution in [0.25, 0.3) is 0 Å². The summed E-state index contributed by atoms with van der Waals surface area (Å²) in [5, 5.41) is 8.46. The molecule has 2 amide bonds. The van der Waals surface area contributed by atoms with E-state index < -0.39 is 10.0 Å². The number of nitrogens with zero attached hydrogens (tertiary/aromatic N) is 3. The van der Waals surface area contributed by atoms with Gasteiger partial charge in [0.25, 0.3) is 0 Å². The molecule has 37 heavy (non-hydrogen) atoms. The smallest absolute Gasteiger partial charge is 0.321 e. The lowest BCUT2D eigenvalue weighted by molar-refractivity contribution is 0.104. The summed E-state index contributed by atoms with van der Waals surface area (Å²) in [6.45, 7) is 4.62. The molecule has 1 saturated carbocycles. The number of amides is 2. The number of piperidine rings is 1. The Morgan fingerprint density at radius 2 is 2.00 bits per heavy atom. The summed E-state index contributed by atoms with van der Waals surface area (Å²) in [4.78, 5) is 19.6. The van der Waals surface area contributed by atoms with Crippen molar-refractivity contribution in [3.63, 3.8) is 0 Å². The Hall–Kier alpha value is -2.08. The van der Waals surface area contributed by atoms with Crippen LogP contribution in [0.4, 0.5) is 14.3 Å². The lowest BCUT2D eigenvalue weighted by atomic mass is 9.80. The molecular weight excluding hydrogens is 513 g/mol. The number of urea groups is 1. The van der Waals surface area contributed by atoms with Gasteiger partial charge in [-0.2, -0.15) is 0 Å². The number of likely N-dealkylation sites (tertiary alicyclic amines) is 1. The zero-order valence-corrected chi connectivity index (χ0v) is 23.5. The molecule has 0 unspecified atom stereocenters. The van der Waals surface area contributed by atoms with Crippen molar-refractivity contribution in [1.29, 1.82) is 0 Å². The first-order valence-electron chi connectivity index (χ1n) is 13.0. The Labute approximate surface area is 223 Å². The average Bonchev–Trinajstić information content (AvgIpc) is 3.25. The van der Waals surface area contributed by atoms with Gasteiger partial charge < -0.3 is 10.2 Å². The zero-order valence-electron chi connectivity index (χ0n) is 21.8. The molecule has 0 spiro atoms. The monoisotopic (exact) mass is 551 g/mol. The maximum absolute atomic E-state index is 13.3. The number of anilines is 1. The molecule has 11 heteroatoms. The van der Waals surface area contributed by atoms with Crippen LogP contribution < -0.4 is 10.6 Å². The number of halogens is 1. The van der Waals surface area contributed by atoms with Gasteiger partial charge in [0.15, 0.2) is 5.13 Å². The maximum atomic E-state index is 13.3. The molecule has 1 saturated heterocycles. The molecule has 2 heterocycles. The summed E-state index contributed by atoms with van der Waals surface area (Å²) in [7, 11) is -1.64. The number of aryl methyl sites for hydroxylation is 1. The van der Waals surface area contributed by atoms with Crippen LogP contribution in [0.1, 0.15) is 43.4 Å². The summed E-state index contributed by atoms with van der Waals surface area (Å²) in [5.74, 6) is 0.393. The lowest BCUT2D eigenvalue weighted by Crippen LogP contribution is -2.53. The topological polar surface area (TPSA) is 94.6 Å². The first kappa shape index (κ1) is 27.9. The number of hydrogen-bond acceptors (Lipinski definition) is 6. The Bertz CT molecular complexity index is 1160. The molecule has 4 rings (SSSR count). The quantitative estimate of drug-likeness (QED) is 0.515. The van der Waals surface area contributed by atoms with Crippen molar-refractivity contribution < 1.29 is 17.6 Å². The highest BCUT2D eigenvalue weighted by Crippen LogP contribution is 2.31. The van der Waals surface area contributed by atoms with Gasteiger partial charge in [0, 0.05) is 37.6 Å². The van der Waals surface area contributed by atoms with Gasteiger partial charge >= 0.3 is 6.03 Å². The minimum atomic E-state index is -3.30. The predicted octanol–water partition coefficient (Wildman–Crippen LogP) is 4.10. The van der Waals surface area contributed by atoms with Crippen molar-refractivity contribution in [2.24, 2.45) is 11.8 Å². The van der Waals surface area contributed by atoms with Crippen LogP contribution in [0.15, 0.2) is 29.6 Å². The summed E-state index contributed by atoms with van der Waals surface area (Å²) in [5.41, 5.74) is 2.01. The molecule has 1 aliphatic heterocycles. The van der Waals surface area contributed by atoms with E-state index in [1.54, 1.807) is 7.05 Å². The van der Waals surface area contributed by atoms with E-state index in [0.717, 1.165) is 50.2 Å². The summed E-state index contributed by atoms with van der Waals surface area (Å²) >= 11 is 1.39. The molecule has 2 aliphatic rings. The Kier molecular flexibility index (Phi) is 9.20. The number of carbonyl (C=O) groups is 1. The van der Waals surface area contributed by atoms with Crippen molar-refractivity contribution in [2.45, 2.75) is 57.5 Å². The molecule has 2 N–H and O–H groups in total. The van der Waals surface area contributed by atoms with Crippen LogP contribution in [-0.4, -0.2) is 73.7 Å². The van der Waals surface area contributed by atoms with Gasteiger partial charge in [-0.3, -0.25) is 5.32 Å². The van der Waals surface area contributed by atoms with Crippen LogP contribution in [0, 0.1) is 24.6 Å². The second-order valence-electron chi connectivity index (χ2n) is 10.6. The van der Waals surface area contributed by atoms with Gasteiger partial charge in [0.05, 0.1) is 11.9 Å². The van der Waals surface area contributed by atoms with Crippen molar-refractivity contribution in [3.05, 3.63) is 46.7 Å². The number of nitrogens with one attached hydrogen (secondary N) is 2. The van der Waals surface area contributed by atoms with Crippen molar-refractivity contribution in [2.75, 3.05) is 38.3 Å². The van der Waals surface area contributed by atoms with Gasteiger partial charge in [-0.05, 0) is 81.5 Å². The SMILES string of the molecule is Cc1csc(NC(=O)N[C@@H]2CC[C@@H](N(C)S(C)(=O)=O)C[C@H]2CN2CCC[C@@H](Cc3ccc(F)cc3)C2)n1. The number of carbonyl (C=O) groups excluding carboxylic acids is 1. The Morgan fingerprint density at radius 1 is 1.24 bits per heavy atom. The molecule has 204 valence electrons. The number of aromatic nitrogens is 1. The fourth-order valence-corrected chi connectivity index (χ4v) is 7.13. The summed E-state index contributed by atoms with van der Waals surface area (Å²) in [6, 6.07) is 6.36. The normalized spacial score (nSPS) is 25.2. The zero-order chi connectivity index (χ0) is 26.6. The van der Waals surface area contributed by atoms with Crippen LogP contribution in [0.3, 0.4) is 0 Å². The molecule has 1 aromatic carbocycles. The highest BCUT2D eigenvalue weighted by molar-refractivity contribution is 7.88. The van der Waals surface area contributed by atoms with E-state index in [4.69, 9.17) is 0 Å². The first-order valence-corrected chi connectivity index (χ1v) is 15.7. The van der Waals surface area contributed by atoms with E-state index in [0.29, 0.717) is 30.3 Å². The van der Waals surface area contributed by atoms with Gasteiger partial charge in [-0.15, -0.1) is 11.3 Å². The molecule has 1 aromatic heterocycles. The number of benzene rings is 1. The van der Waals surface area contributed by atoms with Crippen LogP contribution in [0.5, 0.6) is 0 Å². The van der Waals surface area contributed by atoms with Crippen LogP contribution in [0.2, 0.25) is 0 Å². The lowest BCUT2D eigenvalue weighted by Gasteiger charge is -2.43. The molecule has 0 radical (unpaired) electrons. The third-order valence-corrected chi connectivity index (χ3v) is 9.90. The number of sulfonamides is 1. The van der Waals surface area contributed by atoms with Gasteiger partial charge in [0.1, 0.15) is 5.82 Å². The third kappa shape index (κ3) is 7.95. The second-order valence-corrected chi connectivity index (χ2v) is 13.5. The molecule has 0 bridgehead atoms. The van der Waals surface area contributed by atoms with Crippen molar-refractivity contribution >= 4 is 32.5 Å². The Balaban J connectivity index is 1.41. The molecule has 2 aromatic rings. The number of hydrogen-bond donors (Lipinski definition) is 2. The molecule has 2 fully saturated rings. The van der Waals surface area contributed by atoms with Crippen molar-refractivity contribution in [3.8, 4) is 0 Å². The highest BCUT2D eigenvalue weighted by Gasteiger charge is 2.37. The molecule has 8 nitrogen and oxygen atoms in total. The molecule has 1 aliphatic carbocycles. The Morgan fingerprint density at radius 3 is 2.68 bits per heavy atom. The third-order valence-electron chi connectivity index (χ3n) is 7.68. The fraction of sp³-hybridized carbons (Fsp3) is 0.615. The highest BCUT2D eigenvalue weighted by atomic mass is 32.2. The van der Waals surface area contributed by atoms with Gasteiger partial charge in [-0.25, -0.2) is 26.9 Å². The minimum absolute atomic E-state index is 0.0530. The first-order chi connectivity index (χ1) is 17.6. The maximum Gasteiger partial charge on any atom is 0.321 e. The fourth-order valence-electron chi connectivity index (χ4n) is 5.71. The van der Waals surface area contributed by atoms with Crippen LogP contribution >= 0.6 is 11.3 Å². The summed E-state index contributed by atoms with van der Waals surface area (Å²) < 4.78 is 39.3. The largest absolute Gasteiger partial charge is 0.335 e. The number of thiazole rings is 1. The van der Waals surface area contributed by atoms with E-state index in [2.05, 4.69) is 20.5 Å². The van der Waals surface area contributed by atoms with E-state index in [1.165, 1.54) is 34.0 Å². The second kappa shape index (κ2) is 12.2. The van der Waals surface area contributed by atoms with Crippen molar-refractivity contribution in [1.82, 2.24) is 19.5 Å². The standard InChI is InChI=1S/C26H38FN5O3S2/c1-18-17-36-26(28-18)30-25(33)29-24-11-10-23(31(2)37(3,34)35)14-21(24)16-32-12-4-5-20(15-32)13-19-6-8-22(27)9-7-19/h6-9,17,20-21,23-24H,4-5,10-16H2,1-3H3,(H2,28,29,30,33)/t20-,21-,23+,24+/m0/s1. The van der Waals surface area contributed by atoms with E-state index in [1.807, 2.05) is 24.4 Å². The van der Waals surface area contributed by atoms with E-state index >= 15 is 0 Å². The summed E-state index contributed by atoms with van der Waals surface area (Å²) in [6.07, 6.45) is 6.51. The predicted molar refractivity (Wildman–Crippen MR) is 146 cm³/mol. The average molecular weight is 552 g/mol.